The van der Waals surface area contributed by atoms with Gasteiger partial charge in [-0.05, 0) is 5.92 Å². The normalized spacial score (nSPS) is 10.5. The predicted molar refractivity (Wildman–Crippen MR) is 57.3 cm³/mol. The third-order valence-corrected chi connectivity index (χ3v) is 1.95. The molecule has 1 aromatic heterocycles. The summed E-state index contributed by atoms with van der Waals surface area (Å²) in [5, 5.41) is 15.2. The SMILES string of the molecule is CC(C)CNC(=O)c1cn(C)nc1C(=O)O. The van der Waals surface area contributed by atoms with Crippen molar-refractivity contribution in [3.05, 3.63) is 17.5 Å². The molecule has 2 N–H and O–H groups in total. The van der Waals surface area contributed by atoms with E-state index in [1.807, 2.05) is 13.8 Å². The fraction of sp³-hybridized carbons (Fsp3) is 0.500. The van der Waals surface area contributed by atoms with Crippen molar-refractivity contribution in [2.75, 3.05) is 6.54 Å². The smallest absolute Gasteiger partial charge is 0.357 e. The standard InChI is InChI=1S/C10H15N3O3/c1-6(2)4-11-9(14)7-5-13(3)12-8(7)10(15)16/h5-6H,4H2,1-3H3,(H,11,14)(H,15,16). The second-order valence-corrected chi connectivity index (χ2v) is 3.97. The van der Waals surface area contributed by atoms with E-state index in [-0.39, 0.29) is 11.3 Å². The van der Waals surface area contributed by atoms with E-state index >= 15 is 0 Å². The lowest BCUT2D eigenvalue weighted by Crippen LogP contribution is -2.28. The first kappa shape index (κ1) is 12.2. The van der Waals surface area contributed by atoms with Gasteiger partial charge in [0.05, 0.1) is 5.56 Å². The minimum atomic E-state index is -1.20. The van der Waals surface area contributed by atoms with Gasteiger partial charge in [-0.25, -0.2) is 4.79 Å². The molecule has 0 atom stereocenters. The average Bonchev–Trinajstić information content (AvgIpc) is 2.56. The molecule has 16 heavy (non-hydrogen) atoms. The van der Waals surface area contributed by atoms with Crippen LogP contribution in [-0.4, -0.2) is 33.3 Å². The van der Waals surface area contributed by atoms with E-state index in [2.05, 4.69) is 10.4 Å². The van der Waals surface area contributed by atoms with Crippen LogP contribution in [0.5, 0.6) is 0 Å². The highest BCUT2D eigenvalue weighted by Crippen LogP contribution is 2.06. The molecule has 6 nitrogen and oxygen atoms in total. The summed E-state index contributed by atoms with van der Waals surface area (Å²) in [6.45, 7) is 4.43. The molecule has 0 aliphatic heterocycles. The Morgan fingerprint density at radius 2 is 2.19 bits per heavy atom. The fourth-order valence-electron chi connectivity index (χ4n) is 1.20. The summed E-state index contributed by atoms with van der Waals surface area (Å²) in [6.07, 6.45) is 1.40. The van der Waals surface area contributed by atoms with Gasteiger partial charge in [-0.3, -0.25) is 9.48 Å². The number of carbonyl (C=O) groups excluding carboxylic acids is 1. The molecule has 0 aliphatic rings. The molecule has 0 radical (unpaired) electrons. The maximum Gasteiger partial charge on any atom is 0.357 e. The molecule has 0 fully saturated rings. The Hall–Kier alpha value is -1.85. The van der Waals surface area contributed by atoms with Gasteiger partial charge in [0.1, 0.15) is 0 Å². The van der Waals surface area contributed by atoms with Crippen LogP contribution >= 0.6 is 0 Å². The summed E-state index contributed by atoms with van der Waals surface area (Å²) < 4.78 is 1.31. The number of carboxylic acid groups (broad SMARTS) is 1. The van der Waals surface area contributed by atoms with Gasteiger partial charge in [0.15, 0.2) is 5.69 Å². The van der Waals surface area contributed by atoms with Crippen molar-refractivity contribution in [2.24, 2.45) is 13.0 Å². The lowest BCUT2D eigenvalue weighted by molar-refractivity contribution is 0.0684. The van der Waals surface area contributed by atoms with Crippen molar-refractivity contribution >= 4 is 11.9 Å². The molecule has 1 aromatic rings. The van der Waals surface area contributed by atoms with Crippen LogP contribution in [0.2, 0.25) is 0 Å². The Kier molecular flexibility index (Phi) is 3.65. The molecule has 0 aliphatic carbocycles. The number of carboxylic acids is 1. The van der Waals surface area contributed by atoms with Gasteiger partial charge in [-0.15, -0.1) is 0 Å². The molecular formula is C10H15N3O3. The number of amides is 1. The number of aromatic carboxylic acids is 1. The van der Waals surface area contributed by atoms with Crippen LogP contribution < -0.4 is 5.32 Å². The Balaban J connectivity index is 2.86. The first-order valence-electron chi connectivity index (χ1n) is 4.97. The second kappa shape index (κ2) is 4.78. The zero-order valence-electron chi connectivity index (χ0n) is 9.52. The minimum Gasteiger partial charge on any atom is -0.476 e. The van der Waals surface area contributed by atoms with Gasteiger partial charge in [0, 0.05) is 19.8 Å². The largest absolute Gasteiger partial charge is 0.476 e. The van der Waals surface area contributed by atoms with Crippen molar-refractivity contribution in [3.8, 4) is 0 Å². The average molecular weight is 225 g/mol. The summed E-state index contributed by atoms with van der Waals surface area (Å²) >= 11 is 0. The molecule has 0 aromatic carbocycles. The molecule has 0 saturated carbocycles. The van der Waals surface area contributed by atoms with Crippen LogP contribution in [0.1, 0.15) is 34.7 Å². The number of hydrogen-bond donors (Lipinski definition) is 2. The zero-order valence-corrected chi connectivity index (χ0v) is 9.52. The highest BCUT2D eigenvalue weighted by Gasteiger charge is 2.20. The molecule has 1 heterocycles. The summed E-state index contributed by atoms with van der Waals surface area (Å²) in [6, 6.07) is 0. The van der Waals surface area contributed by atoms with Crippen molar-refractivity contribution < 1.29 is 14.7 Å². The first-order valence-corrected chi connectivity index (χ1v) is 4.97. The molecule has 0 spiro atoms. The van der Waals surface area contributed by atoms with Gasteiger partial charge in [0.25, 0.3) is 5.91 Å². The number of rotatable bonds is 4. The molecule has 1 rings (SSSR count). The lowest BCUT2D eigenvalue weighted by atomic mass is 10.2. The number of nitrogens with zero attached hydrogens (tertiary/aromatic N) is 2. The van der Waals surface area contributed by atoms with Crippen molar-refractivity contribution in [1.29, 1.82) is 0 Å². The van der Waals surface area contributed by atoms with Gasteiger partial charge >= 0.3 is 5.97 Å². The number of aryl methyl sites for hydroxylation is 1. The van der Waals surface area contributed by atoms with Gasteiger partial charge in [-0.1, -0.05) is 13.8 Å². The highest BCUT2D eigenvalue weighted by atomic mass is 16.4. The summed E-state index contributed by atoms with van der Waals surface area (Å²) in [7, 11) is 1.58. The minimum absolute atomic E-state index is 0.0932. The first-order chi connectivity index (χ1) is 7.41. The number of nitrogens with one attached hydrogen (secondary N) is 1. The highest BCUT2D eigenvalue weighted by molar-refractivity contribution is 6.03. The molecular weight excluding hydrogens is 210 g/mol. The number of hydrogen-bond acceptors (Lipinski definition) is 3. The van der Waals surface area contributed by atoms with E-state index in [4.69, 9.17) is 5.11 Å². The number of aromatic nitrogens is 2. The van der Waals surface area contributed by atoms with Crippen LogP contribution in [0, 0.1) is 5.92 Å². The second-order valence-electron chi connectivity index (χ2n) is 3.97. The molecule has 0 saturated heterocycles. The van der Waals surface area contributed by atoms with Gasteiger partial charge in [-0.2, -0.15) is 5.10 Å². The van der Waals surface area contributed by atoms with E-state index in [1.165, 1.54) is 10.9 Å². The lowest BCUT2D eigenvalue weighted by Gasteiger charge is -2.06. The van der Waals surface area contributed by atoms with Gasteiger partial charge in [0.2, 0.25) is 0 Å². The van der Waals surface area contributed by atoms with Crippen molar-refractivity contribution in [2.45, 2.75) is 13.8 Å². The summed E-state index contributed by atoms with van der Waals surface area (Å²) in [5.74, 6) is -1.29. The Morgan fingerprint density at radius 1 is 1.56 bits per heavy atom. The molecule has 88 valence electrons. The van der Waals surface area contributed by atoms with E-state index in [9.17, 15) is 9.59 Å². The summed E-state index contributed by atoms with van der Waals surface area (Å²) in [5.41, 5.74) is -0.126. The molecule has 0 unspecified atom stereocenters. The van der Waals surface area contributed by atoms with E-state index in [0.29, 0.717) is 12.5 Å². The maximum atomic E-state index is 11.7. The predicted octanol–water partition coefficient (Wildman–Crippen LogP) is 0.504. The maximum absolute atomic E-state index is 11.7. The van der Waals surface area contributed by atoms with E-state index in [1.54, 1.807) is 7.05 Å². The zero-order chi connectivity index (χ0) is 12.3. The fourth-order valence-corrected chi connectivity index (χ4v) is 1.20. The Labute approximate surface area is 93.3 Å². The number of carbonyl (C=O) groups is 2. The topological polar surface area (TPSA) is 84.2 Å². The van der Waals surface area contributed by atoms with Crippen LogP contribution in [0.4, 0.5) is 0 Å². The third kappa shape index (κ3) is 2.82. The van der Waals surface area contributed by atoms with Crippen LogP contribution in [-0.2, 0) is 7.05 Å². The Bertz CT molecular complexity index is 409. The monoisotopic (exact) mass is 225 g/mol. The quantitative estimate of drug-likeness (QED) is 0.781. The third-order valence-electron chi connectivity index (χ3n) is 1.95. The van der Waals surface area contributed by atoms with E-state index in [0.717, 1.165) is 0 Å². The Morgan fingerprint density at radius 3 is 2.69 bits per heavy atom. The van der Waals surface area contributed by atoms with Crippen molar-refractivity contribution in [3.63, 3.8) is 0 Å². The molecule has 0 bridgehead atoms. The van der Waals surface area contributed by atoms with E-state index < -0.39 is 11.9 Å². The molecule has 6 heteroatoms. The van der Waals surface area contributed by atoms with Crippen LogP contribution in [0.25, 0.3) is 0 Å². The molecule has 1 amide bonds. The van der Waals surface area contributed by atoms with Crippen LogP contribution in [0.3, 0.4) is 0 Å². The van der Waals surface area contributed by atoms with Crippen molar-refractivity contribution in [1.82, 2.24) is 15.1 Å². The van der Waals surface area contributed by atoms with Crippen LogP contribution in [0.15, 0.2) is 6.20 Å². The summed E-state index contributed by atoms with van der Waals surface area (Å²) in [4.78, 5) is 22.5. The van der Waals surface area contributed by atoms with Gasteiger partial charge < -0.3 is 10.4 Å².